The van der Waals surface area contributed by atoms with Crippen molar-refractivity contribution < 1.29 is 14.2 Å². The van der Waals surface area contributed by atoms with Gasteiger partial charge in [0.15, 0.2) is 11.5 Å². The maximum atomic E-state index is 5.60. The summed E-state index contributed by atoms with van der Waals surface area (Å²) in [5.41, 5.74) is 2.52. The minimum atomic E-state index is 0.354. The molecule has 4 nitrogen and oxygen atoms in total. The smallest absolute Gasteiger partial charge is 0.203 e. The molecule has 0 fully saturated rings. The van der Waals surface area contributed by atoms with Crippen molar-refractivity contribution in [1.82, 2.24) is 5.32 Å². The molecule has 0 radical (unpaired) electrons. The van der Waals surface area contributed by atoms with Gasteiger partial charge in [-0.1, -0.05) is 13.8 Å². The number of methoxy groups -OCH3 is 3. The molecule has 2 rings (SSSR count). The molecule has 0 bridgehead atoms. The minimum absolute atomic E-state index is 0.354. The highest BCUT2D eigenvalue weighted by Gasteiger charge is 2.28. The van der Waals surface area contributed by atoms with E-state index >= 15 is 0 Å². The van der Waals surface area contributed by atoms with Gasteiger partial charge in [0.05, 0.1) is 21.3 Å². The zero-order chi connectivity index (χ0) is 14.7. The van der Waals surface area contributed by atoms with Crippen LogP contribution in [0.15, 0.2) is 6.07 Å². The average Bonchev–Trinajstić information content (AvgIpc) is 2.44. The second kappa shape index (κ2) is 6.35. The molecule has 0 aromatic heterocycles. The number of ether oxygens (including phenoxy) is 3. The Morgan fingerprint density at radius 1 is 1.15 bits per heavy atom. The molecule has 1 heterocycles. The van der Waals surface area contributed by atoms with Gasteiger partial charge >= 0.3 is 0 Å². The number of hydrogen-bond donors (Lipinski definition) is 1. The first-order valence-corrected chi connectivity index (χ1v) is 7.17. The zero-order valence-electron chi connectivity index (χ0n) is 13.1. The predicted octanol–water partition coefficient (Wildman–Crippen LogP) is 2.95. The second-order valence-corrected chi connectivity index (χ2v) is 5.60. The summed E-state index contributed by atoms with van der Waals surface area (Å²) in [5, 5.41) is 3.59. The van der Waals surface area contributed by atoms with Crippen LogP contribution in [-0.4, -0.2) is 27.9 Å². The Morgan fingerprint density at radius 2 is 1.85 bits per heavy atom. The van der Waals surface area contributed by atoms with Crippen molar-refractivity contribution in [1.29, 1.82) is 0 Å². The summed E-state index contributed by atoms with van der Waals surface area (Å²) in [7, 11) is 5.01. The molecule has 0 saturated carbocycles. The van der Waals surface area contributed by atoms with Gasteiger partial charge in [0.2, 0.25) is 5.75 Å². The van der Waals surface area contributed by atoms with Gasteiger partial charge in [-0.3, -0.25) is 0 Å². The van der Waals surface area contributed by atoms with E-state index in [0.717, 1.165) is 30.9 Å². The van der Waals surface area contributed by atoms with Crippen LogP contribution in [-0.2, 0) is 6.42 Å². The molecule has 1 N–H and O–H groups in total. The van der Waals surface area contributed by atoms with E-state index in [0.29, 0.717) is 17.7 Å². The van der Waals surface area contributed by atoms with E-state index in [4.69, 9.17) is 14.2 Å². The monoisotopic (exact) mass is 279 g/mol. The first-order valence-electron chi connectivity index (χ1n) is 7.17. The number of benzene rings is 1. The first-order chi connectivity index (χ1) is 9.62. The van der Waals surface area contributed by atoms with Crippen molar-refractivity contribution >= 4 is 0 Å². The molecule has 1 aliphatic heterocycles. The number of fused-ring (bicyclic) bond motifs is 1. The summed E-state index contributed by atoms with van der Waals surface area (Å²) in [6.45, 7) is 5.46. The van der Waals surface area contributed by atoms with E-state index < -0.39 is 0 Å². The van der Waals surface area contributed by atoms with Crippen LogP contribution in [0.4, 0.5) is 0 Å². The Bertz CT molecular complexity index is 471. The summed E-state index contributed by atoms with van der Waals surface area (Å²) < 4.78 is 16.5. The molecule has 1 aliphatic rings. The summed E-state index contributed by atoms with van der Waals surface area (Å²) in [6.07, 6.45) is 2.05. The van der Waals surface area contributed by atoms with Crippen molar-refractivity contribution in [3.05, 3.63) is 17.2 Å². The predicted molar refractivity (Wildman–Crippen MR) is 80.0 cm³/mol. The number of rotatable bonds is 5. The maximum Gasteiger partial charge on any atom is 0.203 e. The van der Waals surface area contributed by atoms with Crippen molar-refractivity contribution in [2.24, 2.45) is 5.92 Å². The van der Waals surface area contributed by atoms with Crippen LogP contribution in [0, 0.1) is 5.92 Å². The maximum absolute atomic E-state index is 5.60. The lowest BCUT2D eigenvalue weighted by Crippen LogP contribution is -2.31. The van der Waals surface area contributed by atoms with Crippen LogP contribution in [0.1, 0.15) is 37.4 Å². The lowest BCUT2D eigenvalue weighted by Gasteiger charge is -2.30. The van der Waals surface area contributed by atoms with Gasteiger partial charge in [0.25, 0.3) is 0 Å². The van der Waals surface area contributed by atoms with Crippen LogP contribution >= 0.6 is 0 Å². The Morgan fingerprint density at radius 3 is 2.40 bits per heavy atom. The van der Waals surface area contributed by atoms with Crippen molar-refractivity contribution in [2.45, 2.75) is 32.7 Å². The summed E-state index contributed by atoms with van der Waals surface area (Å²) in [4.78, 5) is 0. The van der Waals surface area contributed by atoms with E-state index in [1.54, 1.807) is 21.3 Å². The van der Waals surface area contributed by atoms with E-state index in [1.807, 2.05) is 0 Å². The highest BCUT2D eigenvalue weighted by molar-refractivity contribution is 5.60. The van der Waals surface area contributed by atoms with Gasteiger partial charge in [-0.2, -0.15) is 0 Å². The molecule has 0 amide bonds. The van der Waals surface area contributed by atoms with Gasteiger partial charge < -0.3 is 19.5 Å². The molecular formula is C16H25NO3. The topological polar surface area (TPSA) is 39.7 Å². The number of nitrogens with one attached hydrogen (secondary N) is 1. The van der Waals surface area contributed by atoms with Crippen LogP contribution in [0.25, 0.3) is 0 Å². The Labute approximate surface area is 121 Å². The molecule has 1 unspecified atom stereocenters. The standard InChI is InChI=1S/C16H25NO3/c1-10(2)8-13-12-9-14(18-3)16(20-5)15(19-4)11(12)6-7-17-13/h9-10,13,17H,6-8H2,1-5H3. The van der Waals surface area contributed by atoms with E-state index in [2.05, 4.69) is 25.2 Å². The summed E-state index contributed by atoms with van der Waals surface area (Å²) in [6, 6.07) is 2.45. The van der Waals surface area contributed by atoms with Gasteiger partial charge in [0.1, 0.15) is 0 Å². The lowest BCUT2D eigenvalue weighted by molar-refractivity contribution is 0.316. The van der Waals surface area contributed by atoms with Gasteiger partial charge in [-0.25, -0.2) is 0 Å². The van der Waals surface area contributed by atoms with E-state index in [1.165, 1.54) is 11.1 Å². The molecule has 112 valence electrons. The van der Waals surface area contributed by atoms with Crippen LogP contribution in [0.2, 0.25) is 0 Å². The van der Waals surface area contributed by atoms with Crippen LogP contribution in [0.3, 0.4) is 0 Å². The summed E-state index contributed by atoms with van der Waals surface area (Å²) in [5.74, 6) is 2.88. The fourth-order valence-electron chi connectivity index (χ4n) is 2.97. The normalized spacial score (nSPS) is 17.8. The van der Waals surface area contributed by atoms with Gasteiger partial charge in [-0.15, -0.1) is 0 Å². The third-order valence-electron chi connectivity index (χ3n) is 3.82. The highest BCUT2D eigenvalue weighted by atomic mass is 16.5. The average molecular weight is 279 g/mol. The lowest BCUT2D eigenvalue weighted by atomic mass is 9.88. The zero-order valence-corrected chi connectivity index (χ0v) is 13.1. The second-order valence-electron chi connectivity index (χ2n) is 5.60. The molecule has 4 heteroatoms. The number of hydrogen-bond acceptors (Lipinski definition) is 4. The van der Waals surface area contributed by atoms with E-state index in [9.17, 15) is 0 Å². The van der Waals surface area contributed by atoms with Crippen LogP contribution < -0.4 is 19.5 Å². The Balaban J connectivity index is 2.53. The molecule has 1 aromatic rings. The SMILES string of the molecule is COc1cc2c(c(OC)c1OC)CCNC2CC(C)C. The van der Waals surface area contributed by atoms with Gasteiger partial charge in [0, 0.05) is 11.6 Å². The molecule has 20 heavy (non-hydrogen) atoms. The van der Waals surface area contributed by atoms with E-state index in [-0.39, 0.29) is 0 Å². The highest BCUT2D eigenvalue weighted by Crippen LogP contribution is 2.45. The van der Waals surface area contributed by atoms with Crippen LogP contribution in [0.5, 0.6) is 17.2 Å². The first kappa shape index (κ1) is 15.0. The van der Waals surface area contributed by atoms with Crippen molar-refractivity contribution in [3.8, 4) is 17.2 Å². The third kappa shape index (κ3) is 2.70. The third-order valence-corrected chi connectivity index (χ3v) is 3.82. The molecule has 0 aliphatic carbocycles. The molecule has 1 atom stereocenters. The Hall–Kier alpha value is -1.42. The fraction of sp³-hybridized carbons (Fsp3) is 0.625. The molecule has 0 saturated heterocycles. The molecule has 0 spiro atoms. The Kier molecular flexibility index (Phi) is 4.76. The fourth-order valence-corrected chi connectivity index (χ4v) is 2.97. The van der Waals surface area contributed by atoms with Crippen molar-refractivity contribution in [3.63, 3.8) is 0 Å². The minimum Gasteiger partial charge on any atom is -0.493 e. The van der Waals surface area contributed by atoms with Gasteiger partial charge in [-0.05, 0) is 36.9 Å². The molecular weight excluding hydrogens is 254 g/mol. The molecule has 1 aromatic carbocycles. The summed E-state index contributed by atoms with van der Waals surface area (Å²) >= 11 is 0. The van der Waals surface area contributed by atoms with Crippen molar-refractivity contribution in [2.75, 3.05) is 27.9 Å². The quantitative estimate of drug-likeness (QED) is 0.899. The largest absolute Gasteiger partial charge is 0.493 e.